The lowest BCUT2D eigenvalue weighted by atomic mass is 10.2. The summed E-state index contributed by atoms with van der Waals surface area (Å²) in [7, 11) is 0. The third kappa shape index (κ3) is 5.17. The molecule has 0 bridgehead atoms. The number of ether oxygens (including phenoxy) is 2. The van der Waals surface area contributed by atoms with Crippen molar-refractivity contribution >= 4 is 34.8 Å². The van der Waals surface area contributed by atoms with Crippen LogP contribution >= 0.6 is 11.3 Å². The number of morpholine rings is 1. The number of hydrogen-bond acceptors (Lipinski definition) is 6. The lowest BCUT2D eigenvalue weighted by Gasteiger charge is -2.35. The van der Waals surface area contributed by atoms with Crippen molar-refractivity contribution in [1.82, 2.24) is 4.90 Å². The lowest BCUT2D eigenvalue weighted by molar-refractivity contribution is -0.146. The molecule has 1 saturated heterocycles. The molecule has 0 aliphatic carbocycles. The van der Waals surface area contributed by atoms with Gasteiger partial charge in [0.15, 0.2) is 6.61 Å². The molecule has 7 nitrogen and oxygen atoms in total. The number of nitrogens with zero attached hydrogens (tertiary/aromatic N) is 1. The quantitative estimate of drug-likeness (QED) is 0.778. The van der Waals surface area contributed by atoms with Gasteiger partial charge in [0.05, 0.1) is 22.6 Å². The van der Waals surface area contributed by atoms with E-state index in [9.17, 15) is 14.4 Å². The summed E-state index contributed by atoms with van der Waals surface area (Å²) in [4.78, 5) is 38.7. The normalized spacial score (nSPS) is 19.1. The molecule has 1 N–H and O–H groups in total. The van der Waals surface area contributed by atoms with Crippen LogP contribution in [-0.4, -0.2) is 54.6 Å². The first-order valence-electron chi connectivity index (χ1n) is 8.97. The number of esters is 1. The lowest BCUT2D eigenvalue weighted by Crippen LogP contribution is -2.49. The molecule has 1 fully saturated rings. The molecule has 1 aromatic carbocycles. The van der Waals surface area contributed by atoms with Gasteiger partial charge >= 0.3 is 5.97 Å². The molecular weight excluding hydrogens is 380 g/mol. The van der Waals surface area contributed by atoms with Gasteiger partial charge in [-0.3, -0.25) is 9.59 Å². The highest BCUT2D eigenvalue weighted by Gasteiger charge is 2.26. The predicted molar refractivity (Wildman–Crippen MR) is 106 cm³/mol. The number of thiophene rings is 1. The maximum absolute atomic E-state index is 12.3. The first kappa shape index (κ1) is 20.0. The first-order valence-corrected chi connectivity index (χ1v) is 9.85. The van der Waals surface area contributed by atoms with Crippen molar-refractivity contribution in [3.05, 3.63) is 52.2 Å². The second-order valence-electron chi connectivity index (χ2n) is 6.64. The van der Waals surface area contributed by atoms with E-state index in [0.717, 1.165) is 0 Å². The molecule has 1 aromatic heterocycles. The molecule has 2 heterocycles. The predicted octanol–water partition coefficient (Wildman–Crippen LogP) is 2.79. The van der Waals surface area contributed by atoms with Gasteiger partial charge < -0.3 is 19.7 Å². The van der Waals surface area contributed by atoms with Crippen LogP contribution in [0.1, 0.15) is 33.9 Å². The van der Waals surface area contributed by atoms with Gasteiger partial charge in [-0.15, -0.1) is 11.3 Å². The summed E-state index contributed by atoms with van der Waals surface area (Å²) in [6, 6.07) is 9.88. The third-order valence-corrected chi connectivity index (χ3v) is 5.09. The van der Waals surface area contributed by atoms with Crippen molar-refractivity contribution < 1.29 is 23.9 Å². The SMILES string of the molecule is C[C@H]1CN(C(=O)COC(=O)c2ccc(NC(=O)c3cccs3)cc2)C[C@H](C)O1. The number of benzene rings is 1. The molecule has 0 saturated carbocycles. The van der Waals surface area contributed by atoms with E-state index >= 15 is 0 Å². The smallest absolute Gasteiger partial charge is 0.338 e. The van der Waals surface area contributed by atoms with Crippen LogP contribution in [0.4, 0.5) is 5.69 Å². The molecule has 8 heteroatoms. The molecule has 0 spiro atoms. The number of nitrogens with one attached hydrogen (secondary N) is 1. The number of rotatable bonds is 5. The van der Waals surface area contributed by atoms with Crippen molar-refractivity contribution in [2.45, 2.75) is 26.1 Å². The van der Waals surface area contributed by atoms with Crippen LogP contribution in [-0.2, 0) is 14.3 Å². The molecule has 2 amide bonds. The van der Waals surface area contributed by atoms with E-state index in [2.05, 4.69) is 5.32 Å². The van der Waals surface area contributed by atoms with Crippen LogP contribution in [0.3, 0.4) is 0 Å². The van der Waals surface area contributed by atoms with Gasteiger partial charge in [-0.05, 0) is 49.6 Å². The van der Waals surface area contributed by atoms with E-state index in [0.29, 0.717) is 29.2 Å². The zero-order chi connectivity index (χ0) is 20.1. The molecule has 28 heavy (non-hydrogen) atoms. The zero-order valence-electron chi connectivity index (χ0n) is 15.7. The Labute approximate surface area is 167 Å². The van der Waals surface area contributed by atoms with Crippen LogP contribution < -0.4 is 5.32 Å². The highest BCUT2D eigenvalue weighted by molar-refractivity contribution is 7.12. The summed E-state index contributed by atoms with van der Waals surface area (Å²) >= 11 is 1.35. The van der Waals surface area contributed by atoms with E-state index in [-0.39, 0.29) is 30.6 Å². The fraction of sp³-hybridized carbons (Fsp3) is 0.350. The van der Waals surface area contributed by atoms with E-state index < -0.39 is 5.97 Å². The molecule has 0 unspecified atom stereocenters. The molecule has 2 aromatic rings. The average Bonchev–Trinajstić information content (AvgIpc) is 3.20. The van der Waals surface area contributed by atoms with Crippen molar-refractivity contribution in [2.24, 2.45) is 0 Å². The Hall–Kier alpha value is -2.71. The highest BCUT2D eigenvalue weighted by Crippen LogP contribution is 2.15. The van der Waals surface area contributed by atoms with Crippen molar-refractivity contribution in [1.29, 1.82) is 0 Å². The third-order valence-electron chi connectivity index (χ3n) is 4.22. The van der Waals surface area contributed by atoms with Crippen molar-refractivity contribution in [2.75, 3.05) is 25.0 Å². The molecule has 1 aliphatic heterocycles. The minimum absolute atomic E-state index is 0.0414. The van der Waals surface area contributed by atoms with Crippen molar-refractivity contribution in [3.8, 4) is 0 Å². The number of anilines is 1. The number of amides is 2. The first-order chi connectivity index (χ1) is 13.4. The molecule has 1 aliphatic rings. The van der Waals surface area contributed by atoms with E-state index in [1.165, 1.54) is 11.3 Å². The molecule has 3 rings (SSSR count). The molecule has 0 radical (unpaired) electrons. The standard InChI is InChI=1S/C20H22N2O5S/c1-13-10-22(11-14(2)27-13)18(23)12-26-20(25)15-5-7-16(8-6-15)21-19(24)17-4-3-9-28-17/h3-9,13-14H,10-12H2,1-2H3,(H,21,24)/t13-,14-/m0/s1. The topological polar surface area (TPSA) is 84.9 Å². The van der Waals surface area contributed by atoms with Gasteiger partial charge in [0, 0.05) is 18.8 Å². The largest absolute Gasteiger partial charge is 0.452 e. The second kappa shape index (κ2) is 8.99. The summed E-state index contributed by atoms with van der Waals surface area (Å²) in [5.41, 5.74) is 0.882. The van der Waals surface area contributed by atoms with Crippen LogP contribution in [0.2, 0.25) is 0 Å². The Balaban J connectivity index is 1.50. The summed E-state index contributed by atoms with van der Waals surface area (Å²) in [5.74, 6) is -1.03. The monoisotopic (exact) mass is 402 g/mol. The van der Waals surface area contributed by atoms with Crippen LogP contribution in [0.5, 0.6) is 0 Å². The van der Waals surface area contributed by atoms with Crippen LogP contribution in [0, 0.1) is 0 Å². The summed E-state index contributed by atoms with van der Waals surface area (Å²) < 4.78 is 10.7. The fourth-order valence-corrected chi connectivity index (χ4v) is 3.59. The van der Waals surface area contributed by atoms with Gasteiger partial charge in [0.25, 0.3) is 11.8 Å². The number of hydrogen-bond donors (Lipinski definition) is 1. The Bertz CT molecular complexity index is 825. The molecular formula is C20H22N2O5S. The Morgan fingerprint density at radius 2 is 1.82 bits per heavy atom. The Morgan fingerprint density at radius 3 is 2.43 bits per heavy atom. The number of carbonyl (C=O) groups excluding carboxylic acids is 3. The van der Waals surface area contributed by atoms with Gasteiger partial charge in [0.1, 0.15) is 0 Å². The summed E-state index contributed by atoms with van der Waals surface area (Å²) in [6.07, 6.45) is -0.0827. The zero-order valence-corrected chi connectivity index (χ0v) is 16.5. The molecule has 148 valence electrons. The van der Waals surface area contributed by atoms with E-state index in [1.54, 1.807) is 41.3 Å². The van der Waals surface area contributed by atoms with E-state index in [1.807, 2.05) is 19.2 Å². The average molecular weight is 402 g/mol. The van der Waals surface area contributed by atoms with Crippen LogP contribution in [0.15, 0.2) is 41.8 Å². The Morgan fingerprint density at radius 1 is 1.14 bits per heavy atom. The summed E-state index contributed by atoms with van der Waals surface area (Å²) in [6.45, 7) is 4.47. The van der Waals surface area contributed by atoms with Crippen molar-refractivity contribution in [3.63, 3.8) is 0 Å². The maximum atomic E-state index is 12.3. The minimum Gasteiger partial charge on any atom is -0.452 e. The second-order valence-corrected chi connectivity index (χ2v) is 7.59. The van der Waals surface area contributed by atoms with Gasteiger partial charge in [-0.2, -0.15) is 0 Å². The van der Waals surface area contributed by atoms with Gasteiger partial charge in [-0.25, -0.2) is 4.79 Å². The van der Waals surface area contributed by atoms with E-state index in [4.69, 9.17) is 9.47 Å². The number of carbonyl (C=O) groups is 3. The summed E-state index contributed by atoms with van der Waals surface area (Å²) in [5, 5.41) is 4.59. The maximum Gasteiger partial charge on any atom is 0.338 e. The minimum atomic E-state index is -0.584. The fourth-order valence-electron chi connectivity index (χ4n) is 2.97. The highest BCUT2D eigenvalue weighted by atomic mass is 32.1. The van der Waals surface area contributed by atoms with Crippen LogP contribution in [0.25, 0.3) is 0 Å². The van der Waals surface area contributed by atoms with Gasteiger partial charge in [-0.1, -0.05) is 6.07 Å². The Kier molecular flexibility index (Phi) is 6.43. The molecule has 2 atom stereocenters. The van der Waals surface area contributed by atoms with Gasteiger partial charge in [0.2, 0.25) is 0 Å².